The molecule has 4 nitrogen and oxygen atoms in total. The molecule has 0 spiro atoms. The first-order valence-electron chi connectivity index (χ1n) is 7.67. The maximum Gasteiger partial charge on any atom is 0.195 e. The Kier molecular flexibility index (Phi) is 8.10. The number of nitrogens with zero attached hydrogens (tertiary/aromatic N) is 3. The van der Waals surface area contributed by atoms with Gasteiger partial charge in [-0.3, -0.25) is 4.99 Å². The Morgan fingerprint density at radius 1 is 1.17 bits per heavy atom. The van der Waals surface area contributed by atoms with Crippen molar-refractivity contribution in [3.05, 3.63) is 34.9 Å². The second-order valence-electron chi connectivity index (χ2n) is 6.31. The lowest BCUT2D eigenvalue weighted by atomic mass is 9.74. The second kappa shape index (κ2) is 9.08. The number of benzene rings is 1. The molecule has 0 atom stereocenters. The van der Waals surface area contributed by atoms with Crippen LogP contribution in [0.5, 0.6) is 0 Å². The van der Waals surface area contributed by atoms with Gasteiger partial charge >= 0.3 is 0 Å². The Labute approximate surface area is 161 Å². The molecular formula is C17H27ClIN3O. The molecule has 1 aliphatic heterocycles. The lowest BCUT2D eigenvalue weighted by Gasteiger charge is -2.37. The third-order valence-corrected chi connectivity index (χ3v) is 4.45. The summed E-state index contributed by atoms with van der Waals surface area (Å²) in [5.74, 6) is 0.980. The molecule has 1 heterocycles. The molecule has 0 aromatic heterocycles. The number of halogens is 2. The summed E-state index contributed by atoms with van der Waals surface area (Å²) in [6, 6.07) is 8.19. The van der Waals surface area contributed by atoms with E-state index >= 15 is 0 Å². The summed E-state index contributed by atoms with van der Waals surface area (Å²) < 4.78 is 5.58. The Morgan fingerprint density at radius 3 is 2.30 bits per heavy atom. The van der Waals surface area contributed by atoms with E-state index in [1.165, 1.54) is 5.56 Å². The van der Waals surface area contributed by atoms with E-state index in [9.17, 15) is 0 Å². The predicted molar refractivity (Wildman–Crippen MR) is 108 cm³/mol. The molecule has 1 fully saturated rings. The van der Waals surface area contributed by atoms with Crippen LogP contribution in [0, 0.1) is 0 Å². The van der Waals surface area contributed by atoms with Gasteiger partial charge in [0, 0.05) is 51.8 Å². The maximum absolute atomic E-state index is 6.21. The van der Waals surface area contributed by atoms with E-state index in [2.05, 4.69) is 12.1 Å². The topological polar surface area (TPSA) is 28.1 Å². The molecule has 6 heteroatoms. The Bertz CT molecular complexity index is 518. The first kappa shape index (κ1) is 20.5. The number of hydrogen-bond donors (Lipinski definition) is 0. The average molecular weight is 452 g/mol. The molecule has 0 aliphatic carbocycles. The van der Waals surface area contributed by atoms with Gasteiger partial charge in [-0.25, -0.2) is 0 Å². The number of hydrogen-bond acceptors (Lipinski definition) is 2. The van der Waals surface area contributed by atoms with Gasteiger partial charge in [-0.1, -0.05) is 23.7 Å². The second-order valence-corrected chi connectivity index (χ2v) is 6.74. The summed E-state index contributed by atoms with van der Waals surface area (Å²) in [4.78, 5) is 8.99. The molecule has 0 radical (unpaired) electrons. The molecule has 0 amide bonds. The lowest BCUT2D eigenvalue weighted by molar-refractivity contribution is 0.0530. The zero-order valence-corrected chi connectivity index (χ0v) is 17.5. The fourth-order valence-corrected chi connectivity index (χ4v) is 3.21. The minimum atomic E-state index is 0. The molecule has 0 unspecified atom stereocenters. The number of ether oxygens (including phenoxy) is 1. The van der Waals surface area contributed by atoms with Gasteiger partial charge in [0.1, 0.15) is 0 Å². The van der Waals surface area contributed by atoms with Crippen molar-refractivity contribution in [3.63, 3.8) is 0 Å². The highest BCUT2D eigenvalue weighted by Crippen LogP contribution is 2.36. The van der Waals surface area contributed by atoms with E-state index in [-0.39, 0.29) is 29.4 Å². The molecule has 0 N–H and O–H groups in total. The van der Waals surface area contributed by atoms with Crippen LogP contribution in [0.2, 0.25) is 5.02 Å². The molecule has 130 valence electrons. The molecule has 1 aromatic carbocycles. The third kappa shape index (κ3) is 5.22. The minimum Gasteiger partial charge on any atom is -0.381 e. The summed E-state index contributed by atoms with van der Waals surface area (Å²) in [6.07, 6.45) is 1.95. The minimum absolute atomic E-state index is 0. The number of guanidine groups is 1. The normalized spacial score (nSPS) is 16.2. The fourth-order valence-electron chi connectivity index (χ4n) is 3.02. The monoisotopic (exact) mass is 451 g/mol. The lowest BCUT2D eigenvalue weighted by Crippen LogP contribution is -2.40. The summed E-state index contributed by atoms with van der Waals surface area (Å²) >= 11 is 6.21. The summed E-state index contributed by atoms with van der Waals surface area (Å²) in [5.41, 5.74) is 1.28. The van der Waals surface area contributed by atoms with Crippen LogP contribution in [0.25, 0.3) is 0 Å². The molecule has 1 saturated heterocycles. The van der Waals surface area contributed by atoms with Crippen LogP contribution >= 0.6 is 35.6 Å². The van der Waals surface area contributed by atoms with Crippen molar-refractivity contribution in [1.82, 2.24) is 9.80 Å². The zero-order chi connectivity index (χ0) is 16.2. The SMILES string of the molecule is CN(C)C(=NCC1(c2cccc(Cl)c2)CCOCC1)N(C)C.I. The van der Waals surface area contributed by atoms with Crippen LogP contribution in [0.1, 0.15) is 18.4 Å². The maximum atomic E-state index is 6.21. The van der Waals surface area contributed by atoms with Gasteiger partial charge < -0.3 is 14.5 Å². The van der Waals surface area contributed by atoms with Gasteiger partial charge in [-0.2, -0.15) is 0 Å². The molecule has 1 aliphatic rings. The molecular weight excluding hydrogens is 425 g/mol. The number of rotatable bonds is 3. The van der Waals surface area contributed by atoms with Gasteiger partial charge in [0.05, 0.1) is 6.54 Å². The first-order chi connectivity index (χ1) is 10.4. The Balaban J connectivity index is 0.00000264. The van der Waals surface area contributed by atoms with Gasteiger partial charge in [-0.15, -0.1) is 24.0 Å². The Morgan fingerprint density at radius 2 is 1.78 bits per heavy atom. The van der Waals surface area contributed by atoms with Gasteiger partial charge in [0.25, 0.3) is 0 Å². The van der Waals surface area contributed by atoms with E-state index in [4.69, 9.17) is 21.3 Å². The first-order valence-corrected chi connectivity index (χ1v) is 8.05. The summed E-state index contributed by atoms with van der Waals surface area (Å²) in [5, 5.41) is 0.785. The van der Waals surface area contributed by atoms with E-state index in [0.29, 0.717) is 0 Å². The van der Waals surface area contributed by atoms with Crippen LogP contribution in [-0.4, -0.2) is 63.7 Å². The molecule has 2 rings (SSSR count). The van der Waals surface area contributed by atoms with Crippen molar-refractivity contribution in [2.24, 2.45) is 4.99 Å². The average Bonchev–Trinajstić information content (AvgIpc) is 2.47. The largest absolute Gasteiger partial charge is 0.381 e. The zero-order valence-electron chi connectivity index (χ0n) is 14.4. The standard InChI is InChI=1S/C17H26ClN3O.HI/c1-20(2)16(21(3)4)19-13-17(8-10-22-11-9-17)14-6-5-7-15(18)12-14;/h5-7,12H,8-11,13H2,1-4H3;1H. The van der Waals surface area contributed by atoms with Crippen molar-refractivity contribution in [2.45, 2.75) is 18.3 Å². The predicted octanol–water partition coefficient (Wildman–Crippen LogP) is 3.49. The van der Waals surface area contributed by atoms with Crippen molar-refractivity contribution in [1.29, 1.82) is 0 Å². The van der Waals surface area contributed by atoms with Gasteiger partial charge in [0.2, 0.25) is 0 Å². The van der Waals surface area contributed by atoms with Crippen molar-refractivity contribution >= 4 is 41.5 Å². The quantitative estimate of drug-likeness (QED) is 0.400. The third-order valence-electron chi connectivity index (χ3n) is 4.21. The fraction of sp³-hybridized carbons (Fsp3) is 0.588. The van der Waals surface area contributed by atoms with Gasteiger partial charge in [0.15, 0.2) is 5.96 Å². The smallest absolute Gasteiger partial charge is 0.195 e. The summed E-state index contributed by atoms with van der Waals surface area (Å²) in [6.45, 7) is 2.31. The van der Waals surface area contributed by atoms with Crippen molar-refractivity contribution in [2.75, 3.05) is 47.9 Å². The van der Waals surface area contributed by atoms with E-state index in [1.807, 2.05) is 50.1 Å². The summed E-state index contributed by atoms with van der Waals surface area (Å²) in [7, 11) is 8.09. The van der Waals surface area contributed by atoms with E-state index in [1.54, 1.807) is 0 Å². The van der Waals surface area contributed by atoms with Gasteiger partial charge in [-0.05, 0) is 30.5 Å². The van der Waals surface area contributed by atoms with Crippen LogP contribution < -0.4 is 0 Å². The number of aliphatic imine (C=N–C) groups is 1. The molecule has 0 bridgehead atoms. The molecule has 23 heavy (non-hydrogen) atoms. The highest BCUT2D eigenvalue weighted by atomic mass is 127. The van der Waals surface area contributed by atoms with Crippen molar-refractivity contribution in [3.8, 4) is 0 Å². The van der Waals surface area contributed by atoms with Crippen molar-refractivity contribution < 1.29 is 4.74 Å². The van der Waals surface area contributed by atoms with E-state index < -0.39 is 0 Å². The van der Waals surface area contributed by atoms with E-state index in [0.717, 1.165) is 43.6 Å². The van der Waals surface area contributed by atoms with Crippen LogP contribution in [-0.2, 0) is 10.2 Å². The molecule has 1 aromatic rings. The Hall–Kier alpha value is -0.530. The van der Waals surface area contributed by atoms with Crippen LogP contribution in [0.15, 0.2) is 29.3 Å². The highest BCUT2D eigenvalue weighted by Gasteiger charge is 2.34. The van der Waals surface area contributed by atoms with Crippen LogP contribution in [0.3, 0.4) is 0 Å². The molecule has 0 saturated carbocycles. The highest BCUT2D eigenvalue weighted by molar-refractivity contribution is 14.0. The van der Waals surface area contributed by atoms with Crippen LogP contribution in [0.4, 0.5) is 0 Å².